The van der Waals surface area contributed by atoms with Crippen LogP contribution < -0.4 is 5.32 Å². The standard InChI is InChI=1S/C23H20FN5O2/c1-3-20-19(14-26-29(20)18-10-6-16(24)7-11-18)23(31)27-17-8-4-15(5-9-17)21(30)22-25-12-13-28(22)2/h4-14H,3H2,1-2H3,(H,27,31). The molecular weight excluding hydrogens is 397 g/mol. The number of anilines is 1. The molecule has 0 aliphatic rings. The van der Waals surface area contributed by atoms with E-state index in [9.17, 15) is 14.0 Å². The van der Waals surface area contributed by atoms with Crippen LogP contribution in [0.1, 0.15) is 39.2 Å². The third kappa shape index (κ3) is 4.00. The minimum Gasteiger partial charge on any atom is -0.331 e. The van der Waals surface area contributed by atoms with E-state index in [1.54, 1.807) is 65.1 Å². The van der Waals surface area contributed by atoms with Crippen molar-refractivity contribution in [2.24, 2.45) is 7.05 Å². The summed E-state index contributed by atoms with van der Waals surface area (Å²) in [4.78, 5) is 29.4. The summed E-state index contributed by atoms with van der Waals surface area (Å²) in [5.41, 5.74) is 2.85. The molecule has 0 aliphatic heterocycles. The van der Waals surface area contributed by atoms with Gasteiger partial charge in [-0.1, -0.05) is 6.92 Å². The van der Waals surface area contributed by atoms with Crippen LogP contribution >= 0.6 is 0 Å². The number of halogens is 1. The number of hydrogen-bond acceptors (Lipinski definition) is 4. The number of nitrogens with one attached hydrogen (secondary N) is 1. The second-order valence-electron chi connectivity index (χ2n) is 6.97. The summed E-state index contributed by atoms with van der Waals surface area (Å²) < 4.78 is 16.5. The van der Waals surface area contributed by atoms with Crippen molar-refractivity contribution in [2.75, 3.05) is 5.32 Å². The van der Waals surface area contributed by atoms with E-state index in [2.05, 4.69) is 15.4 Å². The monoisotopic (exact) mass is 417 g/mol. The van der Waals surface area contributed by atoms with Gasteiger partial charge in [-0.25, -0.2) is 14.1 Å². The Bertz CT molecular complexity index is 1240. The number of aryl methyl sites for hydroxylation is 1. The number of aromatic nitrogens is 4. The Hall–Kier alpha value is -4.07. The van der Waals surface area contributed by atoms with Crippen LogP contribution in [0.15, 0.2) is 67.1 Å². The first kappa shape index (κ1) is 20.2. The summed E-state index contributed by atoms with van der Waals surface area (Å²) in [6.07, 6.45) is 5.34. The Labute approximate surface area is 178 Å². The van der Waals surface area contributed by atoms with E-state index in [0.29, 0.717) is 40.4 Å². The molecule has 4 rings (SSSR count). The Kier molecular flexibility index (Phi) is 5.44. The largest absolute Gasteiger partial charge is 0.331 e. The molecule has 2 aromatic carbocycles. The van der Waals surface area contributed by atoms with Crippen molar-refractivity contribution < 1.29 is 14.0 Å². The third-order valence-electron chi connectivity index (χ3n) is 4.95. The molecule has 0 saturated heterocycles. The van der Waals surface area contributed by atoms with Crippen LogP contribution in [0.3, 0.4) is 0 Å². The SMILES string of the molecule is CCc1c(C(=O)Nc2ccc(C(=O)c3nccn3C)cc2)cnn1-c1ccc(F)cc1. The van der Waals surface area contributed by atoms with Gasteiger partial charge in [0.05, 0.1) is 23.1 Å². The van der Waals surface area contributed by atoms with Gasteiger partial charge in [0.1, 0.15) is 5.82 Å². The first-order valence-corrected chi connectivity index (χ1v) is 9.74. The number of rotatable bonds is 6. The van der Waals surface area contributed by atoms with Gasteiger partial charge in [-0.3, -0.25) is 9.59 Å². The lowest BCUT2D eigenvalue weighted by atomic mass is 10.1. The average Bonchev–Trinajstić information content (AvgIpc) is 3.40. The summed E-state index contributed by atoms with van der Waals surface area (Å²) in [5.74, 6) is -0.498. The molecule has 7 nitrogen and oxygen atoms in total. The summed E-state index contributed by atoms with van der Waals surface area (Å²) in [6.45, 7) is 1.92. The van der Waals surface area contributed by atoms with Gasteiger partial charge in [0, 0.05) is 30.7 Å². The molecule has 0 bridgehead atoms. The lowest BCUT2D eigenvalue weighted by Crippen LogP contribution is -2.14. The second kappa shape index (κ2) is 8.35. The quantitative estimate of drug-likeness (QED) is 0.484. The van der Waals surface area contributed by atoms with Crippen LogP contribution in [0, 0.1) is 5.82 Å². The molecule has 0 spiro atoms. The minimum absolute atomic E-state index is 0.195. The molecule has 0 aliphatic carbocycles. The summed E-state index contributed by atoms with van der Waals surface area (Å²) in [7, 11) is 1.76. The van der Waals surface area contributed by atoms with Crippen LogP contribution in [0.5, 0.6) is 0 Å². The second-order valence-corrected chi connectivity index (χ2v) is 6.97. The van der Waals surface area contributed by atoms with Crippen molar-refractivity contribution in [2.45, 2.75) is 13.3 Å². The third-order valence-corrected chi connectivity index (χ3v) is 4.95. The van der Waals surface area contributed by atoms with E-state index in [-0.39, 0.29) is 17.5 Å². The van der Waals surface area contributed by atoms with Gasteiger partial charge < -0.3 is 9.88 Å². The van der Waals surface area contributed by atoms with Gasteiger partial charge in [-0.05, 0) is 55.0 Å². The molecule has 31 heavy (non-hydrogen) atoms. The molecule has 2 aromatic heterocycles. The Morgan fingerprint density at radius 2 is 1.77 bits per heavy atom. The predicted octanol–water partition coefficient (Wildman–Crippen LogP) is 3.79. The molecule has 0 radical (unpaired) electrons. The summed E-state index contributed by atoms with van der Waals surface area (Å²) in [6, 6.07) is 12.6. The molecule has 8 heteroatoms. The zero-order valence-corrected chi connectivity index (χ0v) is 17.0. The van der Waals surface area contributed by atoms with Crippen molar-refractivity contribution in [1.82, 2.24) is 19.3 Å². The van der Waals surface area contributed by atoms with Gasteiger partial charge in [0.25, 0.3) is 5.91 Å². The molecule has 0 saturated carbocycles. The topological polar surface area (TPSA) is 81.8 Å². The molecule has 1 N–H and O–H groups in total. The van der Waals surface area contributed by atoms with Crippen LogP contribution in [0.4, 0.5) is 10.1 Å². The Morgan fingerprint density at radius 3 is 2.39 bits per heavy atom. The number of amides is 1. The first-order valence-electron chi connectivity index (χ1n) is 9.74. The highest BCUT2D eigenvalue weighted by Gasteiger charge is 2.18. The number of carbonyl (C=O) groups is 2. The fourth-order valence-electron chi connectivity index (χ4n) is 3.33. The van der Waals surface area contributed by atoms with E-state index in [1.807, 2.05) is 6.92 Å². The Morgan fingerprint density at radius 1 is 1.06 bits per heavy atom. The Balaban J connectivity index is 1.53. The lowest BCUT2D eigenvalue weighted by Gasteiger charge is -2.09. The zero-order chi connectivity index (χ0) is 22.0. The smallest absolute Gasteiger partial charge is 0.259 e. The van der Waals surface area contributed by atoms with Gasteiger partial charge in [-0.2, -0.15) is 5.10 Å². The fourth-order valence-corrected chi connectivity index (χ4v) is 3.33. The first-order chi connectivity index (χ1) is 15.0. The van der Waals surface area contributed by atoms with Gasteiger partial charge in [0.15, 0.2) is 5.82 Å². The van der Waals surface area contributed by atoms with Crippen molar-refractivity contribution in [3.63, 3.8) is 0 Å². The van der Waals surface area contributed by atoms with Gasteiger partial charge in [-0.15, -0.1) is 0 Å². The van der Waals surface area contributed by atoms with Gasteiger partial charge in [0.2, 0.25) is 5.78 Å². The van der Waals surface area contributed by atoms with Crippen LogP contribution in [0.2, 0.25) is 0 Å². The lowest BCUT2D eigenvalue weighted by molar-refractivity contribution is 0.101. The van der Waals surface area contributed by atoms with Crippen LogP contribution in [-0.4, -0.2) is 31.0 Å². The fraction of sp³-hybridized carbons (Fsp3) is 0.130. The maximum Gasteiger partial charge on any atom is 0.259 e. The van der Waals surface area contributed by atoms with E-state index < -0.39 is 0 Å². The summed E-state index contributed by atoms with van der Waals surface area (Å²) >= 11 is 0. The van der Waals surface area contributed by atoms with Gasteiger partial charge >= 0.3 is 0 Å². The molecule has 0 atom stereocenters. The van der Waals surface area contributed by atoms with Crippen molar-refractivity contribution in [3.05, 3.63) is 95.6 Å². The molecule has 0 fully saturated rings. The molecule has 2 heterocycles. The minimum atomic E-state index is -0.336. The van der Waals surface area contributed by atoms with Crippen LogP contribution in [0.25, 0.3) is 5.69 Å². The zero-order valence-electron chi connectivity index (χ0n) is 17.0. The molecular formula is C23H20FN5O2. The number of hydrogen-bond donors (Lipinski definition) is 1. The summed E-state index contributed by atoms with van der Waals surface area (Å²) in [5, 5.41) is 7.14. The molecule has 0 unspecified atom stereocenters. The predicted molar refractivity (Wildman–Crippen MR) is 114 cm³/mol. The van der Waals surface area contributed by atoms with E-state index in [0.717, 1.165) is 0 Å². The van der Waals surface area contributed by atoms with E-state index >= 15 is 0 Å². The number of carbonyl (C=O) groups excluding carboxylic acids is 2. The molecule has 156 valence electrons. The van der Waals surface area contributed by atoms with Crippen molar-refractivity contribution in [1.29, 1.82) is 0 Å². The van der Waals surface area contributed by atoms with Crippen LogP contribution in [-0.2, 0) is 13.5 Å². The maximum absolute atomic E-state index is 13.2. The number of nitrogens with zero attached hydrogens (tertiary/aromatic N) is 4. The maximum atomic E-state index is 13.2. The van der Waals surface area contributed by atoms with Crippen molar-refractivity contribution >= 4 is 17.4 Å². The normalized spacial score (nSPS) is 10.8. The number of ketones is 1. The average molecular weight is 417 g/mol. The van der Waals surface area contributed by atoms with E-state index in [1.165, 1.54) is 18.3 Å². The highest BCUT2D eigenvalue weighted by atomic mass is 19.1. The highest BCUT2D eigenvalue weighted by molar-refractivity contribution is 6.08. The van der Waals surface area contributed by atoms with E-state index in [4.69, 9.17) is 0 Å². The number of benzene rings is 2. The molecule has 1 amide bonds. The van der Waals surface area contributed by atoms with Crippen molar-refractivity contribution in [3.8, 4) is 5.69 Å². The highest BCUT2D eigenvalue weighted by Crippen LogP contribution is 2.19. The molecule has 4 aromatic rings. The number of imidazole rings is 1.